The van der Waals surface area contributed by atoms with Gasteiger partial charge in [0.05, 0.1) is 11.0 Å². The van der Waals surface area contributed by atoms with Crippen LogP contribution in [0.1, 0.15) is 5.56 Å². The van der Waals surface area contributed by atoms with Gasteiger partial charge in [0, 0.05) is 0 Å². The van der Waals surface area contributed by atoms with Crippen molar-refractivity contribution in [2.24, 2.45) is 27.2 Å². The zero-order valence-electron chi connectivity index (χ0n) is 9.42. The smallest absolute Gasteiger partial charge is 0.298 e. The molecule has 0 aliphatic rings. The summed E-state index contributed by atoms with van der Waals surface area (Å²) in [5.41, 5.74) is 15.2. The van der Waals surface area contributed by atoms with Crippen LogP contribution < -0.4 is 17.2 Å². The molecule has 9 heteroatoms. The largest absolute Gasteiger partial charge is 0.370 e. The zero-order chi connectivity index (χ0) is 13.9. The Labute approximate surface area is 101 Å². The van der Waals surface area contributed by atoms with Crippen LogP contribution in [0.25, 0.3) is 0 Å². The molecule has 0 radical (unpaired) electrons. The van der Waals surface area contributed by atoms with Crippen molar-refractivity contribution in [1.29, 1.82) is 0 Å². The van der Waals surface area contributed by atoms with E-state index in [4.69, 9.17) is 17.2 Å². The molecule has 0 amide bonds. The molecule has 18 heavy (non-hydrogen) atoms. The van der Waals surface area contributed by atoms with Crippen LogP contribution in [0.2, 0.25) is 0 Å². The van der Waals surface area contributed by atoms with Crippen LogP contribution >= 0.6 is 0 Å². The molecule has 0 unspecified atom stereocenters. The average Bonchev–Trinajstić information content (AvgIpc) is 2.20. The van der Waals surface area contributed by atoms with E-state index in [1.807, 2.05) is 0 Å². The van der Waals surface area contributed by atoms with Crippen LogP contribution in [0.15, 0.2) is 22.1 Å². The summed E-state index contributed by atoms with van der Waals surface area (Å²) < 4.78 is 13.1. The third-order valence-electron chi connectivity index (χ3n) is 1.91. The van der Waals surface area contributed by atoms with E-state index in [0.29, 0.717) is 0 Å². The van der Waals surface area contributed by atoms with Gasteiger partial charge in [0.2, 0.25) is 5.96 Å². The van der Waals surface area contributed by atoms with Gasteiger partial charge < -0.3 is 17.2 Å². The third kappa shape index (κ3) is 3.14. The topological polar surface area (TPSA) is 146 Å². The number of halogens is 1. The summed E-state index contributed by atoms with van der Waals surface area (Å²) in [6.07, 6.45) is 0. The fraction of sp³-hybridized carbons (Fsp3) is 0.111. The molecular weight excluding hydrogens is 243 g/mol. The molecule has 1 aromatic rings. The van der Waals surface area contributed by atoms with Crippen LogP contribution in [0.3, 0.4) is 0 Å². The van der Waals surface area contributed by atoms with Gasteiger partial charge in [-0.05, 0) is 18.6 Å². The Balaban J connectivity index is 3.40. The lowest BCUT2D eigenvalue weighted by Crippen LogP contribution is -2.26. The summed E-state index contributed by atoms with van der Waals surface area (Å²) in [5, 5.41) is 10.8. The molecule has 0 saturated heterocycles. The minimum Gasteiger partial charge on any atom is -0.370 e. The van der Waals surface area contributed by atoms with E-state index in [-0.39, 0.29) is 23.2 Å². The number of guanidine groups is 2. The molecule has 0 spiro atoms. The summed E-state index contributed by atoms with van der Waals surface area (Å²) in [4.78, 5) is 17.1. The molecule has 0 aliphatic carbocycles. The first-order chi connectivity index (χ1) is 8.31. The summed E-state index contributed by atoms with van der Waals surface area (Å²) >= 11 is 0. The molecule has 8 nitrogen and oxygen atoms in total. The highest BCUT2D eigenvalue weighted by Gasteiger charge is 2.18. The Kier molecular flexibility index (Phi) is 3.77. The van der Waals surface area contributed by atoms with Crippen LogP contribution in [-0.2, 0) is 0 Å². The lowest BCUT2D eigenvalue weighted by atomic mass is 10.1. The third-order valence-corrected chi connectivity index (χ3v) is 1.91. The Morgan fingerprint density at radius 1 is 1.39 bits per heavy atom. The molecule has 0 fully saturated rings. The van der Waals surface area contributed by atoms with Crippen molar-refractivity contribution in [3.8, 4) is 0 Å². The van der Waals surface area contributed by atoms with Crippen LogP contribution in [0.5, 0.6) is 0 Å². The first kappa shape index (κ1) is 13.4. The Morgan fingerprint density at radius 3 is 2.50 bits per heavy atom. The second kappa shape index (κ2) is 5.08. The minimum atomic E-state index is -0.766. The van der Waals surface area contributed by atoms with Crippen molar-refractivity contribution in [3.05, 3.63) is 33.6 Å². The molecule has 1 aromatic carbocycles. The van der Waals surface area contributed by atoms with E-state index in [1.165, 1.54) is 6.92 Å². The van der Waals surface area contributed by atoms with Crippen LogP contribution in [0.4, 0.5) is 15.8 Å². The lowest BCUT2D eigenvalue weighted by Gasteiger charge is -2.02. The number of nitrogens with two attached hydrogens (primary N) is 3. The fourth-order valence-electron chi connectivity index (χ4n) is 1.27. The van der Waals surface area contributed by atoms with Crippen molar-refractivity contribution < 1.29 is 9.31 Å². The number of aliphatic imine (C=N–C) groups is 2. The van der Waals surface area contributed by atoms with E-state index in [0.717, 1.165) is 12.1 Å². The molecule has 0 aliphatic heterocycles. The second-order valence-corrected chi connectivity index (χ2v) is 3.35. The van der Waals surface area contributed by atoms with Gasteiger partial charge in [0.1, 0.15) is 11.5 Å². The molecular formula is C9H11FN6O2. The number of hydrogen-bond acceptors (Lipinski definition) is 3. The molecule has 0 aromatic heterocycles. The molecule has 0 heterocycles. The van der Waals surface area contributed by atoms with Gasteiger partial charge in [-0.2, -0.15) is 4.99 Å². The average molecular weight is 254 g/mol. The highest BCUT2D eigenvalue weighted by Crippen LogP contribution is 2.31. The van der Waals surface area contributed by atoms with Crippen molar-refractivity contribution >= 4 is 23.3 Å². The molecule has 6 N–H and O–H groups in total. The molecule has 96 valence electrons. The van der Waals surface area contributed by atoms with Gasteiger partial charge in [-0.1, -0.05) is 0 Å². The Morgan fingerprint density at radius 2 is 2.00 bits per heavy atom. The van der Waals surface area contributed by atoms with E-state index in [1.54, 1.807) is 0 Å². The number of nitrogens with zero attached hydrogens (tertiary/aromatic N) is 3. The fourth-order valence-corrected chi connectivity index (χ4v) is 1.27. The molecule has 1 rings (SSSR count). The number of benzene rings is 1. The summed E-state index contributed by atoms with van der Waals surface area (Å²) in [5.74, 6) is -1.43. The number of nitro benzene ring substituents is 1. The quantitative estimate of drug-likeness (QED) is 0.300. The van der Waals surface area contributed by atoms with E-state index in [9.17, 15) is 14.5 Å². The predicted molar refractivity (Wildman–Crippen MR) is 64.9 cm³/mol. The minimum absolute atomic E-state index is 0.0936. The van der Waals surface area contributed by atoms with Crippen molar-refractivity contribution in [2.75, 3.05) is 0 Å². The number of nitro groups is 1. The maximum absolute atomic E-state index is 13.1. The summed E-state index contributed by atoms with van der Waals surface area (Å²) in [6.45, 7) is 1.46. The SMILES string of the molecule is Cc1cc(F)cc([N+](=O)[O-])c1N=C(N)N=C(N)N. The maximum atomic E-state index is 13.1. The first-order valence-electron chi connectivity index (χ1n) is 4.69. The van der Waals surface area contributed by atoms with Gasteiger partial charge in [-0.15, -0.1) is 0 Å². The van der Waals surface area contributed by atoms with Crippen molar-refractivity contribution in [1.82, 2.24) is 0 Å². The van der Waals surface area contributed by atoms with Crippen LogP contribution in [-0.4, -0.2) is 16.8 Å². The highest BCUT2D eigenvalue weighted by atomic mass is 19.1. The van der Waals surface area contributed by atoms with Crippen molar-refractivity contribution in [2.45, 2.75) is 6.92 Å². The number of aryl methyl sites for hydroxylation is 1. The molecule has 0 bridgehead atoms. The molecule has 0 atom stereocenters. The first-order valence-corrected chi connectivity index (χ1v) is 4.69. The Bertz CT molecular complexity index is 550. The van der Waals surface area contributed by atoms with Gasteiger partial charge in [0.25, 0.3) is 5.69 Å². The van der Waals surface area contributed by atoms with E-state index >= 15 is 0 Å². The maximum Gasteiger partial charge on any atom is 0.298 e. The summed E-state index contributed by atoms with van der Waals surface area (Å²) in [6, 6.07) is 1.84. The highest BCUT2D eigenvalue weighted by molar-refractivity contribution is 5.94. The van der Waals surface area contributed by atoms with Crippen LogP contribution in [0, 0.1) is 22.9 Å². The predicted octanol–water partition coefficient (Wildman–Crippen LogP) is 0.262. The number of hydrogen-bond donors (Lipinski definition) is 3. The normalized spacial score (nSPS) is 11.1. The Hall–Kier alpha value is -2.71. The lowest BCUT2D eigenvalue weighted by molar-refractivity contribution is -0.384. The summed E-state index contributed by atoms with van der Waals surface area (Å²) in [7, 11) is 0. The monoisotopic (exact) mass is 254 g/mol. The molecule has 0 saturated carbocycles. The second-order valence-electron chi connectivity index (χ2n) is 3.35. The zero-order valence-corrected chi connectivity index (χ0v) is 9.42. The van der Waals surface area contributed by atoms with Gasteiger partial charge in [-0.25, -0.2) is 9.38 Å². The van der Waals surface area contributed by atoms with Gasteiger partial charge in [-0.3, -0.25) is 10.1 Å². The van der Waals surface area contributed by atoms with Crippen molar-refractivity contribution in [3.63, 3.8) is 0 Å². The van der Waals surface area contributed by atoms with Gasteiger partial charge in [0.15, 0.2) is 5.96 Å². The van der Waals surface area contributed by atoms with Gasteiger partial charge >= 0.3 is 0 Å². The number of rotatable bonds is 2. The van der Waals surface area contributed by atoms with E-state index < -0.39 is 16.4 Å². The standard InChI is InChI=1S/C9H11FN6O2/c1-4-2-5(10)3-6(16(17)18)7(4)14-9(13)15-8(11)12/h2-3H,1H3,(H6,11,12,13,14,15). The van der Waals surface area contributed by atoms with E-state index in [2.05, 4.69) is 9.98 Å².